The minimum atomic E-state index is -0.602. The molecule has 3 aromatic heterocycles. The van der Waals surface area contributed by atoms with Crippen molar-refractivity contribution >= 4 is 17.2 Å². The standard InChI is InChI=1S/C22H27FN6O2/c1-13-17(14-6-9-24-16(23)12-14)29-21(25-13)19-18(28(3)10-11-31-19)20(27-29)26-15-4-7-22(2,30)8-5-15/h6,9,12,15,30H,4-5,7-8,10-11H2,1-3H3,(H,26,27). The third kappa shape index (κ3) is 3.56. The molecule has 0 aromatic carbocycles. The lowest BCUT2D eigenvalue weighted by Gasteiger charge is -2.35. The fourth-order valence-corrected chi connectivity index (χ4v) is 4.56. The van der Waals surface area contributed by atoms with Gasteiger partial charge < -0.3 is 20.1 Å². The minimum absolute atomic E-state index is 0.205. The van der Waals surface area contributed by atoms with E-state index >= 15 is 0 Å². The van der Waals surface area contributed by atoms with Crippen LogP contribution in [0.5, 0.6) is 5.75 Å². The SMILES string of the molecule is Cc1nc2c3c(c(NC4CCC(C)(O)CC4)nn2c1-c1ccnc(F)c1)N(C)CCO3. The van der Waals surface area contributed by atoms with Gasteiger partial charge in [0.25, 0.3) is 0 Å². The van der Waals surface area contributed by atoms with E-state index in [4.69, 9.17) is 14.8 Å². The molecule has 5 rings (SSSR count). The molecule has 164 valence electrons. The van der Waals surface area contributed by atoms with Crippen LogP contribution in [0.15, 0.2) is 18.3 Å². The number of aliphatic hydroxyl groups is 1. The van der Waals surface area contributed by atoms with E-state index in [9.17, 15) is 9.50 Å². The van der Waals surface area contributed by atoms with Crippen LogP contribution in [0.25, 0.3) is 16.9 Å². The maximum absolute atomic E-state index is 13.8. The van der Waals surface area contributed by atoms with Crippen molar-refractivity contribution < 1.29 is 14.2 Å². The topological polar surface area (TPSA) is 87.8 Å². The van der Waals surface area contributed by atoms with Crippen LogP contribution in [0, 0.1) is 12.9 Å². The minimum Gasteiger partial charge on any atom is -0.486 e. The highest BCUT2D eigenvalue weighted by molar-refractivity contribution is 5.83. The first-order valence-corrected chi connectivity index (χ1v) is 10.7. The van der Waals surface area contributed by atoms with E-state index in [-0.39, 0.29) is 6.04 Å². The molecular weight excluding hydrogens is 399 g/mol. The van der Waals surface area contributed by atoms with Gasteiger partial charge in [-0.25, -0.2) is 14.5 Å². The van der Waals surface area contributed by atoms with Gasteiger partial charge >= 0.3 is 0 Å². The third-order valence-corrected chi connectivity index (χ3v) is 6.33. The molecule has 0 radical (unpaired) electrons. The lowest BCUT2D eigenvalue weighted by atomic mass is 9.83. The second-order valence-electron chi connectivity index (χ2n) is 8.86. The number of aryl methyl sites for hydroxylation is 1. The van der Waals surface area contributed by atoms with Crippen LogP contribution in [0.3, 0.4) is 0 Å². The summed E-state index contributed by atoms with van der Waals surface area (Å²) in [6.45, 7) is 5.09. The summed E-state index contributed by atoms with van der Waals surface area (Å²) in [5.41, 5.74) is 3.01. The average molecular weight is 426 g/mol. The quantitative estimate of drug-likeness (QED) is 0.622. The second-order valence-corrected chi connectivity index (χ2v) is 8.86. The van der Waals surface area contributed by atoms with E-state index in [1.165, 1.54) is 12.3 Å². The maximum Gasteiger partial charge on any atom is 0.213 e. The normalized spacial score (nSPS) is 23.5. The van der Waals surface area contributed by atoms with E-state index in [1.807, 2.05) is 20.9 Å². The zero-order valence-corrected chi connectivity index (χ0v) is 18.0. The number of likely N-dealkylation sites (N-methyl/N-ethyl adjacent to an activating group) is 1. The molecule has 0 amide bonds. The number of aromatic nitrogens is 4. The Labute approximate surface area is 180 Å². The van der Waals surface area contributed by atoms with Gasteiger partial charge in [-0.15, -0.1) is 5.10 Å². The predicted molar refractivity (Wildman–Crippen MR) is 116 cm³/mol. The maximum atomic E-state index is 13.8. The Morgan fingerprint density at radius 3 is 2.84 bits per heavy atom. The first-order valence-electron chi connectivity index (χ1n) is 10.7. The van der Waals surface area contributed by atoms with Crippen LogP contribution in [-0.2, 0) is 0 Å². The lowest BCUT2D eigenvalue weighted by Crippen LogP contribution is -2.37. The summed E-state index contributed by atoms with van der Waals surface area (Å²) in [5, 5.41) is 18.8. The molecule has 0 spiro atoms. The summed E-state index contributed by atoms with van der Waals surface area (Å²) < 4.78 is 21.6. The molecule has 0 saturated heterocycles. The Balaban J connectivity index is 1.64. The van der Waals surface area contributed by atoms with Crippen molar-refractivity contribution in [3.8, 4) is 17.0 Å². The molecule has 1 fully saturated rings. The van der Waals surface area contributed by atoms with E-state index in [2.05, 4.69) is 15.2 Å². The first-order chi connectivity index (χ1) is 14.8. The summed E-state index contributed by atoms with van der Waals surface area (Å²) >= 11 is 0. The van der Waals surface area contributed by atoms with Gasteiger partial charge in [0.05, 0.1) is 23.5 Å². The summed E-state index contributed by atoms with van der Waals surface area (Å²) in [5.74, 6) is 0.843. The van der Waals surface area contributed by atoms with Crippen molar-refractivity contribution in [2.45, 2.75) is 51.2 Å². The highest BCUT2D eigenvalue weighted by atomic mass is 19.1. The number of halogens is 1. The average Bonchev–Trinajstić information content (AvgIpc) is 3.05. The molecule has 0 atom stereocenters. The van der Waals surface area contributed by atoms with Crippen LogP contribution in [0.4, 0.5) is 15.9 Å². The van der Waals surface area contributed by atoms with Crippen LogP contribution in [0.1, 0.15) is 38.3 Å². The number of fused-ring (bicyclic) bond motifs is 3. The van der Waals surface area contributed by atoms with Crippen molar-refractivity contribution in [2.75, 3.05) is 30.4 Å². The first kappa shape index (κ1) is 20.0. The molecule has 0 unspecified atom stereocenters. The Kier molecular flexibility index (Phi) is 4.73. The fraction of sp³-hybridized carbons (Fsp3) is 0.500. The molecule has 1 aliphatic carbocycles. The number of anilines is 2. The molecule has 2 aliphatic rings. The molecule has 1 aliphatic heterocycles. The highest BCUT2D eigenvalue weighted by Crippen LogP contribution is 2.42. The van der Waals surface area contributed by atoms with Crippen molar-refractivity contribution in [3.63, 3.8) is 0 Å². The summed E-state index contributed by atoms with van der Waals surface area (Å²) in [6, 6.07) is 3.35. The van der Waals surface area contributed by atoms with Crippen molar-refractivity contribution in [1.29, 1.82) is 0 Å². The predicted octanol–water partition coefficient (Wildman–Crippen LogP) is 3.17. The Hall–Kier alpha value is -2.94. The van der Waals surface area contributed by atoms with Crippen molar-refractivity contribution in [2.24, 2.45) is 0 Å². The van der Waals surface area contributed by atoms with E-state index in [0.717, 1.165) is 43.6 Å². The molecule has 0 bridgehead atoms. The molecule has 4 heterocycles. The summed E-state index contributed by atoms with van der Waals surface area (Å²) in [4.78, 5) is 10.5. The van der Waals surface area contributed by atoms with Crippen molar-refractivity contribution in [1.82, 2.24) is 19.6 Å². The molecular formula is C22H27FN6O2. The number of nitrogens with zero attached hydrogens (tertiary/aromatic N) is 5. The van der Waals surface area contributed by atoms with E-state index in [0.29, 0.717) is 35.1 Å². The van der Waals surface area contributed by atoms with Gasteiger partial charge in [0, 0.05) is 30.9 Å². The summed E-state index contributed by atoms with van der Waals surface area (Å²) in [6.07, 6.45) is 4.65. The lowest BCUT2D eigenvalue weighted by molar-refractivity contribution is 0.0196. The van der Waals surface area contributed by atoms with E-state index in [1.54, 1.807) is 10.6 Å². The molecule has 8 nitrogen and oxygen atoms in total. The Morgan fingerprint density at radius 1 is 1.32 bits per heavy atom. The fourth-order valence-electron chi connectivity index (χ4n) is 4.56. The number of hydrogen-bond acceptors (Lipinski definition) is 7. The number of rotatable bonds is 3. The largest absolute Gasteiger partial charge is 0.486 e. The van der Waals surface area contributed by atoms with Crippen LogP contribution >= 0.6 is 0 Å². The zero-order valence-electron chi connectivity index (χ0n) is 18.0. The molecule has 3 aromatic rings. The van der Waals surface area contributed by atoms with Crippen LogP contribution < -0.4 is 15.0 Å². The van der Waals surface area contributed by atoms with Gasteiger partial charge in [-0.3, -0.25) is 0 Å². The number of ether oxygens (including phenoxy) is 1. The Morgan fingerprint density at radius 2 is 2.10 bits per heavy atom. The number of pyridine rings is 1. The van der Waals surface area contributed by atoms with Crippen LogP contribution in [-0.4, -0.2) is 56.5 Å². The number of nitrogens with one attached hydrogen (secondary N) is 1. The van der Waals surface area contributed by atoms with Gasteiger partial charge in [0.1, 0.15) is 12.3 Å². The number of imidazole rings is 1. The highest BCUT2D eigenvalue weighted by Gasteiger charge is 2.32. The summed E-state index contributed by atoms with van der Waals surface area (Å²) in [7, 11) is 2.02. The smallest absolute Gasteiger partial charge is 0.213 e. The zero-order chi connectivity index (χ0) is 21.8. The van der Waals surface area contributed by atoms with E-state index < -0.39 is 11.5 Å². The van der Waals surface area contributed by atoms with Gasteiger partial charge in [-0.1, -0.05) is 0 Å². The van der Waals surface area contributed by atoms with Gasteiger partial charge in [-0.2, -0.15) is 4.39 Å². The molecule has 2 N–H and O–H groups in total. The van der Waals surface area contributed by atoms with Gasteiger partial charge in [-0.05, 0) is 45.6 Å². The van der Waals surface area contributed by atoms with Gasteiger partial charge in [0.2, 0.25) is 5.95 Å². The van der Waals surface area contributed by atoms with Crippen molar-refractivity contribution in [3.05, 3.63) is 30.0 Å². The molecule has 1 saturated carbocycles. The monoisotopic (exact) mass is 426 g/mol. The molecule has 9 heteroatoms. The third-order valence-electron chi connectivity index (χ3n) is 6.33. The van der Waals surface area contributed by atoms with Crippen LogP contribution in [0.2, 0.25) is 0 Å². The Bertz CT molecular complexity index is 1130. The molecule has 31 heavy (non-hydrogen) atoms. The number of hydrogen-bond donors (Lipinski definition) is 2. The van der Waals surface area contributed by atoms with Gasteiger partial charge in [0.15, 0.2) is 17.2 Å². The second kappa shape index (κ2) is 7.33.